The van der Waals surface area contributed by atoms with Crippen LogP contribution in [0.1, 0.15) is 28.6 Å². The highest BCUT2D eigenvalue weighted by Crippen LogP contribution is 2.19. The number of carbonyl (C=O) groups excluding carboxylic acids is 1. The molecule has 0 unspecified atom stereocenters. The number of hydrogen-bond donors (Lipinski definition) is 2. The Morgan fingerprint density at radius 3 is 2.50 bits per heavy atom. The number of rotatable bonds is 7. The van der Waals surface area contributed by atoms with Crippen LogP contribution in [0.25, 0.3) is 0 Å². The van der Waals surface area contributed by atoms with Crippen LogP contribution in [0.2, 0.25) is 0 Å². The molecule has 0 saturated carbocycles. The second kappa shape index (κ2) is 8.37. The number of carbonyl (C=O) groups is 1. The Morgan fingerprint density at radius 1 is 1.11 bits per heavy atom. The van der Waals surface area contributed by atoms with Gasteiger partial charge < -0.3 is 9.73 Å². The molecule has 3 rings (SSSR count). The molecule has 3 aromatic rings. The maximum Gasteiger partial charge on any atom is 0.255 e. The summed E-state index contributed by atoms with van der Waals surface area (Å²) < 4.78 is 46.3. The summed E-state index contributed by atoms with van der Waals surface area (Å²) in [5.74, 6) is -1.10. The van der Waals surface area contributed by atoms with Crippen LogP contribution in [-0.2, 0) is 23.0 Å². The van der Waals surface area contributed by atoms with Crippen LogP contribution in [0.3, 0.4) is 0 Å². The third-order valence-corrected chi connectivity index (χ3v) is 5.54. The predicted molar refractivity (Wildman–Crippen MR) is 103 cm³/mol. The lowest BCUT2D eigenvalue weighted by atomic mass is 10.1. The number of aryl methyl sites for hydroxylation is 1. The Labute approximate surface area is 162 Å². The molecule has 28 heavy (non-hydrogen) atoms. The van der Waals surface area contributed by atoms with E-state index < -0.39 is 26.6 Å². The van der Waals surface area contributed by atoms with E-state index in [0.29, 0.717) is 11.4 Å². The first-order valence-electron chi connectivity index (χ1n) is 8.61. The van der Waals surface area contributed by atoms with Crippen LogP contribution in [0.5, 0.6) is 0 Å². The van der Waals surface area contributed by atoms with Gasteiger partial charge in [0.2, 0.25) is 10.0 Å². The minimum atomic E-state index is -4.17. The van der Waals surface area contributed by atoms with Crippen molar-refractivity contribution in [2.24, 2.45) is 0 Å². The fourth-order valence-corrected chi connectivity index (χ4v) is 3.63. The molecule has 0 bridgehead atoms. The summed E-state index contributed by atoms with van der Waals surface area (Å²) in [6.07, 6.45) is 2.28. The van der Waals surface area contributed by atoms with Gasteiger partial charge in [-0.1, -0.05) is 19.1 Å². The molecule has 1 amide bonds. The van der Waals surface area contributed by atoms with Crippen LogP contribution in [0.4, 0.5) is 10.1 Å². The van der Waals surface area contributed by atoms with Gasteiger partial charge in [0, 0.05) is 11.3 Å². The van der Waals surface area contributed by atoms with Crippen molar-refractivity contribution in [3.05, 3.63) is 83.6 Å². The van der Waals surface area contributed by atoms with Crippen molar-refractivity contribution in [1.82, 2.24) is 4.72 Å². The van der Waals surface area contributed by atoms with Gasteiger partial charge in [0.1, 0.15) is 16.5 Å². The Hall–Kier alpha value is -2.97. The van der Waals surface area contributed by atoms with Crippen molar-refractivity contribution in [3.63, 3.8) is 0 Å². The normalized spacial score (nSPS) is 11.4. The van der Waals surface area contributed by atoms with E-state index in [2.05, 4.69) is 10.0 Å². The highest BCUT2D eigenvalue weighted by molar-refractivity contribution is 7.89. The number of amides is 1. The third kappa shape index (κ3) is 4.65. The standard InChI is InChI=1S/C20H19FN2O4S/c1-2-14-5-8-16(9-6-14)23-20(24)15-7-10-18(21)19(12-15)28(25,26)22-13-17-4-3-11-27-17/h3-12,22H,2,13H2,1H3,(H,23,24). The summed E-state index contributed by atoms with van der Waals surface area (Å²) in [6.45, 7) is 1.89. The number of hydrogen-bond acceptors (Lipinski definition) is 4. The Morgan fingerprint density at radius 2 is 1.86 bits per heavy atom. The summed E-state index contributed by atoms with van der Waals surface area (Å²) in [6, 6.07) is 13.7. The molecule has 146 valence electrons. The van der Waals surface area contributed by atoms with Gasteiger partial charge in [-0.2, -0.15) is 0 Å². The van der Waals surface area contributed by atoms with E-state index in [1.54, 1.807) is 24.3 Å². The van der Waals surface area contributed by atoms with Gasteiger partial charge in [-0.3, -0.25) is 4.79 Å². The molecular weight excluding hydrogens is 383 g/mol. The van der Waals surface area contributed by atoms with Gasteiger partial charge in [-0.25, -0.2) is 17.5 Å². The number of benzene rings is 2. The minimum absolute atomic E-state index is 0.0272. The number of sulfonamides is 1. The molecule has 8 heteroatoms. The summed E-state index contributed by atoms with van der Waals surface area (Å²) in [7, 11) is -4.17. The van der Waals surface area contributed by atoms with E-state index >= 15 is 0 Å². The molecule has 0 fully saturated rings. The fraction of sp³-hybridized carbons (Fsp3) is 0.150. The minimum Gasteiger partial charge on any atom is -0.468 e. The summed E-state index contributed by atoms with van der Waals surface area (Å²) >= 11 is 0. The SMILES string of the molecule is CCc1ccc(NC(=O)c2ccc(F)c(S(=O)(=O)NCc3ccco3)c2)cc1. The average molecular weight is 402 g/mol. The van der Waals surface area contributed by atoms with E-state index in [1.807, 2.05) is 19.1 Å². The maximum atomic E-state index is 14.1. The van der Waals surface area contributed by atoms with Gasteiger partial charge in [0.25, 0.3) is 5.91 Å². The number of halogens is 1. The lowest BCUT2D eigenvalue weighted by molar-refractivity contribution is 0.102. The number of anilines is 1. The number of nitrogens with one attached hydrogen (secondary N) is 2. The van der Waals surface area contributed by atoms with Crippen LogP contribution in [0, 0.1) is 5.82 Å². The Kier molecular flexibility index (Phi) is 5.91. The predicted octanol–water partition coefficient (Wildman–Crippen LogP) is 3.71. The zero-order valence-corrected chi connectivity index (χ0v) is 15.9. The summed E-state index contributed by atoms with van der Waals surface area (Å²) in [4.78, 5) is 11.8. The molecular formula is C20H19FN2O4S. The van der Waals surface area contributed by atoms with E-state index in [4.69, 9.17) is 4.42 Å². The highest BCUT2D eigenvalue weighted by Gasteiger charge is 2.21. The monoisotopic (exact) mass is 402 g/mol. The molecule has 0 spiro atoms. The molecule has 2 aromatic carbocycles. The molecule has 0 atom stereocenters. The summed E-state index contributed by atoms with van der Waals surface area (Å²) in [5.41, 5.74) is 1.71. The highest BCUT2D eigenvalue weighted by atomic mass is 32.2. The average Bonchev–Trinajstić information content (AvgIpc) is 3.21. The largest absolute Gasteiger partial charge is 0.468 e. The topological polar surface area (TPSA) is 88.4 Å². The van der Waals surface area contributed by atoms with Gasteiger partial charge in [0.15, 0.2) is 0 Å². The van der Waals surface area contributed by atoms with E-state index in [1.165, 1.54) is 12.3 Å². The van der Waals surface area contributed by atoms with Gasteiger partial charge in [-0.15, -0.1) is 0 Å². The first-order chi connectivity index (χ1) is 13.4. The zero-order valence-electron chi connectivity index (χ0n) is 15.1. The number of furan rings is 1. The van der Waals surface area contributed by atoms with E-state index in [0.717, 1.165) is 24.1 Å². The third-order valence-electron chi connectivity index (χ3n) is 4.12. The molecule has 0 saturated heterocycles. The van der Waals surface area contributed by atoms with Crippen molar-refractivity contribution in [2.75, 3.05) is 5.32 Å². The molecule has 1 heterocycles. The first-order valence-corrected chi connectivity index (χ1v) is 10.1. The molecule has 6 nitrogen and oxygen atoms in total. The van der Waals surface area contributed by atoms with Crippen molar-refractivity contribution in [1.29, 1.82) is 0 Å². The lowest BCUT2D eigenvalue weighted by Gasteiger charge is -2.10. The molecule has 0 aliphatic heterocycles. The zero-order chi connectivity index (χ0) is 20.1. The maximum absolute atomic E-state index is 14.1. The second-order valence-corrected chi connectivity index (χ2v) is 7.79. The van der Waals surface area contributed by atoms with Crippen molar-refractivity contribution < 1.29 is 22.0 Å². The first kappa shape index (κ1) is 19.8. The molecule has 0 aliphatic rings. The summed E-state index contributed by atoms with van der Waals surface area (Å²) in [5, 5.41) is 2.67. The van der Waals surface area contributed by atoms with Crippen molar-refractivity contribution in [3.8, 4) is 0 Å². The molecule has 2 N–H and O–H groups in total. The van der Waals surface area contributed by atoms with Crippen LogP contribution >= 0.6 is 0 Å². The molecule has 0 aliphatic carbocycles. The van der Waals surface area contributed by atoms with Gasteiger partial charge in [0.05, 0.1) is 12.8 Å². The van der Waals surface area contributed by atoms with Crippen molar-refractivity contribution in [2.45, 2.75) is 24.8 Å². The van der Waals surface area contributed by atoms with Crippen LogP contribution in [0.15, 0.2) is 70.2 Å². The Balaban J connectivity index is 1.78. The van der Waals surface area contributed by atoms with Gasteiger partial charge >= 0.3 is 0 Å². The van der Waals surface area contributed by atoms with Crippen LogP contribution < -0.4 is 10.0 Å². The van der Waals surface area contributed by atoms with Crippen LogP contribution in [-0.4, -0.2) is 14.3 Å². The quantitative estimate of drug-likeness (QED) is 0.631. The van der Waals surface area contributed by atoms with Gasteiger partial charge in [-0.05, 0) is 54.4 Å². The fourth-order valence-electron chi connectivity index (χ4n) is 2.53. The van der Waals surface area contributed by atoms with E-state index in [-0.39, 0.29) is 12.1 Å². The molecule has 1 aromatic heterocycles. The van der Waals surface area contributed by atoms with Crippen molar-refractivity contribution >= 4 is 21.6 Å². The van der Waals surface area contributed by atoms with E-state index in [9.17, 15) is 17.6 Å². The lowest BCUT2D eigenvalue weighted by Crippen LogP contribution is -2.24. The molecule has 0 radical (unpaired) electrons. The Bertz CT molecular complexity index is 1060. The second-order valence-electron chi connectivity index (χ2n) is 6.05. The smallest absolute Gasteiger partial charge is 0.255 e.